The van der Waals surface area contributed by atoms with E-state index in [-0.39, 0.29) is 5.91 Å². The third-order valence-corrected chi connectivity index (χ3v) is 4.27. The van der Waals surface area contributed by atoms with E-state index >= 15 is 0 Å². The van der Waals surface area contributed by atoms with Gasteiger partial charge in [0.25, 0.3) is 5.91 Å². The predicted molar refractivity (Wildman–Crippen MR) is 80.0 cm³/mol. The number of carboxylic acid groups (broad SMARTS) is 1. The molecule has 1 aromatic heterocycles. The zero-order chi connectivity index (χ0) is 14.5. The van der Waals surface area contributed by atoms with Crippen molar-refractivity contribution >= 4 is 29.3 Å². The summed E-state index contributed by atoms with van der Waals surface area (Å²) in [6.07, 6.45) is 6.93. The molecule has 0 aromatic carbocycles. The Balaban J connectivity index is 2.05. The summed E-state index contributed by atoms with van der Waals surface area (Å²) in [6.45, 7) is 2.94. The Morgan fingerprint density at radius 3 is 2.80 bits per heavy atom. The Morgan fingerprint density at radius 2 is 2.20 bits per heavy atom. The van der Waals surface area contributed by atoms with E-state index in [2.05, 4.69) is 6.92 Å². The summed E-state index contributed by atoms with van der Waals surface area (Å²) in [7, 11) is 0. The summed E-state index contributed by atoms with van der Waals surface area (Å²) in [6, 6.07) is 3.99. The maximum absolute atomic E-state index is 12.5. The Bertz CT molecular complexity index is 517. The van der Waals surface area contributed by atoms with Crippen LogP contribution in [0.15, 0.2) is 18.2 Å². The molecule has 2 rings (SSSR count). The van der Waals surface area contributed by atoms with Gasteiger partial charge in [0, 0.05) is 23.5 Å². The first-order chi connectivity index (χ1) is 9.61. The molecule has 1 saturated carbocycles. The van der Waals surface area contributed by atoms with Crippen LogP contribution in [-0.4, -0.2) is 34.5 Å². The van der Waals surface area contributed by atoms with Gasteiger partial charge >= 0.3 is 5.97 Å². The molecule has 1 aliphatic rings. The second-order valence-electron chi connectivity index (χ2n) is 4.96. The molecule has 5 heteroatoms. The number of rotatable bonds is 7. The van der Waals surface area contributed by atoms with Crippen molar-refractivity contribution in [2.24, 2.45) is 0 Å². The van der Waals surface area contributed by atoms with Crippen LogP contribution in [0.3, 0.4) is 0 Å². The normalized spacial score (nSPS) is 14.7. The zero-order valence-corrected chi connectivity index (χ0v) is 12.4. The predicted octanol–water partition coefficient (Wildman–Crippen LogP) is 3.25. The summed E-state index contributed by atoms with van der Waals surface area (Å²) in [5.74, 6) is -0.894. The van der Waals surface area contributed by atoms with E-state index in [0.29, 0.717) is 10.9 Å². The van der Waals surface area contributed by atoms with Crippen LogP contribution >= 0.6 is 11.3 Å². The molecule has 4 nitrogen and oxygen atoms in total. The summed E-state index contributed by atoms with van der Waals surface area (Å²) in [5, 5.41) is 8.60. The molecular formula is C15H19NO3S. The van der Waals surface area contributed by atoms with Crippen LogP contribution in [0.2, 0.25) is 0 Å². The number of hydrogen-bond acceptors (Lipinski definition) is 3. The number of carbonyl (C=O) groups is 2. The Morgan fingerprint density at radius 1 is 1.45 bits per heavy atom. The first-order valence-electron chi connectivity index (χ1n) is 6.93. The minimum Gasteiger partial charge on any atom is -0.478 e. The molecule has 0 radical (unpaired) electrons. The van der Waals surface area contributed by atoms with Gasteiger partial charge in [-0.2, -0.15) is 0 Å². The second-order valence-corrected chi connectivity index (χ2v) is 6.07. The number of carbonyl (C=O) groups excluding carboxylic acids is 1. The van der Waals surface area contributed by atoms with Gasteiger partial charge < -0.3 is 10.0 Å². The summed E-state index contributed by atoms with van der Waals surface area (Å²) >= 11 is 1.35. The van der Waals surface area contributed by atoms with Crippen molar-refractivity contribution in [2.75, 3.05) is 6.54 Å². The van der Waals surface area contributed by atoms with Crippen molar-refractivity contribution < 1.29 is 14.7 Å². The quantitative estimate of drug-likeness (QED) is 0.785. The minimum absolute atomic E-state index is 0.0842. The molecule has 108 valence electrons. The first-order valence-corrected chi connectivity index (χ1v) is 7.75. The summed E-state index contributed by atoms with van der Waals surface area (Å²) in [4.78, 5) is 26.4. The fourth-order valence-corrected chi connectivity index (χ4v) is 2.88. The highest BCUT2D eigenvalue weighted by molar-refractivity contribution is 7.14. The van der Waals surface area contributed by atoms with Gasteiger partial charge in [-0.3, -0.25) is 4.79 Å². The van der Waals surface area contributed by atoms with Crippen molar-refractivity contribution in [1.29, 1.82) is 0 Å². The third kappa shape index (κ3) is 3.93. The number of thiophene rings is 1. The average Bonchev–Trinajstić information content (AvgIpc) is 3.14. The van der Waals surface area contributed by atoms with Crippen LogP contribution in [0.25, 0.3) is 6.08 Å². The van der Waals surface area contributed by atoms with Crippen LogP contribution in [0, 0.1) is 0 Å². The van der Waals surface area contributed by atoms with E-state index in [4.69, 9.17) is 5.11 Å². The van der Waals surface area contributed by atoms with Crippen molar-refractivity contribution in [3.8, 4) is 0 Å². The maximum Gasteiger partial charge on any atom is 0.328 e. The molecule has 20 heavy (non-hydrogen) atoms. The molecular weight excluding hydrogens is 274 g/mol. The van der Waals surface area contributed by atoms with Crippen molar-refractivity contribution in [3.63, 3.8) is 0 Å². The van der Waals surface area contributed by atoms with Crippen molar-refractivity contribution in [3.05, 3.63) is 28.0 Å². The number of amides is 1. The van der Waals surface area contributed by atoms with Gasteiger partial charge in [0.05, 0.1) is 4.88 Å². The van der Waals surface area contributed by atoms with E-state index in [1.54, 1.807) is 12.1 Å². The van der Waals surface area contributed by atoms with Gasteiger partial charge in [-0.1, -0.05) is 13.3 Å². The monoisotopic (exact) mass is 293 g/mol. The first kappa shape index (κ1) is 14.8. The molecule has 0 spiro atoms. The van der Waals surface area contributed by atoms with Gasteiger partial charge in [0.2, 0.25) is 0 Å². The van der Waals surface area contributed by atoms with E-state index < -0.39 is 5.97 Å². The smallest absolute Gasteiger partial charge is 0.328 e. The Hall–Kier alpha value is -1.62. The van der Waals surface area contributed by atoms with Gasteiger partial charge in [-0.15, -0.1) is 11.3 Å². The molecule has 1 heterocycles. The van der Waals surface area contributed by atoms with E-state index in [1.807, 2.05) is 4.90 Å². The third-order valence-electron chi connectivity index (χ3n) is 3.23. The van der Waals surface area contributed by atoms with Crippen molar-refractivity contribution in [2.45, 2.75) is 38.6 Å². The van der Waals surface area contributed by atoms with Crippen LogP contribution in [0.1, 0.15) is 47.2 Å². The van der Waals surface area contributed by atoms with Crippen LogP contribution < -0.4 is 0 Å². The standard InChI is InChI=1S/C15H19NO3S/c1-2-3-10-16(11-4-5-11)15(19)13-8-6-12(20-13)7-9-14(17)18/h6-9,11H,2-5,10H2,1H3,(H,17,18). The number of nitrogens with zero attached hydrogens (tertiary/aromatic N) is 1. The topological polar surface area (TPSA) is 57.6 Å². The zero-order valence-electron chi connectivity index (χ0n) is 11.5. The second kappa shape index (κ2) is 6.70. The molecule has 1 aliphatic carbocycles. The van der Waals surface area contributed by atoms with Gasteiger partial charge in [-0.05, 0) is 37.5 Å². The Kier molecular flexibility index (Phi) is 4.95. The van der Waals surface area contributed by atoms with Gasteiger partial charge in [0.15, 0.2) is 0 Å². The highest BCUT2D eigenvalue weighted by Gasteiger charge is 2.32. The summed E-state index contributed by atoms with van der Waals surface area (Å²) < 4.78 is 0. The van der Waals surface area contributed by atoms with Gasteiger partial charge in [-0.25, -0.2) is 4.79 Å². The Labute approximate surface area is 122 Å². The summed E-state index contributed by atoms with van der Waals surface area (Å²) in [5.41, 5.74) is 0. The largest absolute Gasteiger partial charge is 0.478 e. The molecule has 0 unspecified atom stereocenters. The highest BCUT2D eigenvalue weighted by atomic mass is 32.1. The average molecular weight is 293 g/mol. The molecule has 0 bridgehead atoms. The van der Waals surface area contributed by atoms with E-state index in [1.165, 1.54) is 17.4 Å². The lowest BCUT2D eigenvalue weighted by atomic mass is 10.3. The lowest BCUT2D eigenvalue weighted by Crippen LogP contribution is -2.33. The van der Waals surface area contributed by atoms with Crippen LogP contribution in [0.4, 0.5) is 0 Å². The highest BCUT2D eigenvalue weighted by Crippen LogP contribution is 2.30. The number of unbranched alkanes of at least 4 members (excludes halogenated alkanes) is 1. The molecule has 1 N–H and O–H groups in total. The van der Waals surface area contributed by atoms with Crippen molar-refractivity contribution in [1.82, 2.24) is 4.90 Å². The lowest BCUT2D eigenvalue weighted by Gasteiger charge is -2.21. The molecule has 1 fully saturated rings. The van der Waals surface area contributed by atoms with E-state index in [9.17, 15) is 9.59 Å². The molecule has 0 atom stereocenters. The van der Waals surface area contributed by atoms with Gasteiger partial charge in [0.1, 0.15) is 0 Å². The number of hydrogen-bond donors (Lipinski definition) is 1. The lowest BCUT2D eigenvalue weighted by molar-refractivity contribution is -0.131. The number of aliphatic carboxylic acids is 1. The van der Waals surface area contributed by atoms with E-state index in [0.717, 1.165) is 43.2 Å². The molecule has 1 amide bonds. The van der Waals surface area contributed by atoms with Crippen LogP contribution in [0.5, 0.6) is 0 Å². The maximum atomic E-state index is 12.5. The molecule has 1 aromatic rings. The minimum atomic E-state index is -0.978. The SMILES string of the molecule is CCCCN(C(=O)c1ccc(C=CC(=O)O)s1)C1CC1. The number of carboxylic acids is 1. The molecule has 0 aliphatic heterocycles. The molecule has 0 saturated heterocycles. The fraction of sp³-hybridized carbons (Fsp3) is 0.467. The fourth-order valence-electron chi connectivity index (χ4n) is 2.02. The van der Waals surface area contributed by atoms with Crippen LogP contribution in [-0.2, 0) is 4.79 Å².